The van der Waals surface area contributed by atoms with Gasteiger partial charge in [-0.15, -0.1) is 0 Å². The predicted octanol–water partition coefficient (Wildman–Crippen LogP) is 8.44. The molecule has 250 valence electrons. The summed E-state index contributed by atoms with van der Waals surface area (Å²) in [5, 5.41) is 0.575. The van der Waals surface area contributed by atoms with Crippen LogP contribution in [0.4, 0.5) is 5.69 Å². The molecule has 3 unspecified atom stereocenters. The summed E-state index contributed by atoms with van der Waals surface area (Å²) in [7, 11) is 0. The van der Waals surface area contributed by atoms with Crippen LogP contribution in [-0.4, -0.2) is 34.7 Å². The van der Waals surface area contributed by atoms with Gasteiger partial charge < -0.3 is 9.47 Å². The number of pyridine rings is 1. The van der Waals surface area contributed by atoms with E-state index in [0.717, 1.165) is 15.6 Å². The van der Waals surface area contributed by atoms with Gasteiger partial charge in [-0.25, -0.2) is 9.78 Å². The number of nitrogens with zero attached hydrogens (tertiary/aromatic N) is 2. The van der Waals surface area contributed by atoms with Crippen molar-refractivity contribution in [3.8, 4) is 17.0 Å². The van der Waals surface area contributed by atoms with Crippen LogP contribution < -0.4 is 9.64 Å². The Balaban J connectivity index is 1.11. The minimum atomic E-state index is -1.06. The quantitative estimate of drug-likeness (QED) is 0.0650. The number of halogens is 1. The molecule has 1 aromatic heterocycles. The van der Waals surface area contributed by atoms with Gasteiger partial charge in [0.15, 0.2) is 6.10 Å². The second-order valence-electron chi connectivity index (χ2n) is 12.6. The fraction of sp³-hybridized carbons (Fsp3) is 0.195. The summed E-state index contributed by atoms with van der Waals surface area (Å²) in [5.41, 5.74) is 4.81. The van der Waals surface area contributed by atoms with Gasteiger partial charge in [-0.1, -0.05) is 70.5 Å². The largest absolute Gasteiger partial charge is 0.489 e. The van der Waals surface area contributed by atoms with Crippen LogP contribution >= 0.6 is 15.9 Å². The highest BCUT2D eigenvalue weighted by molar-refractivity contribution is 9.10. The number of anilines is 1. The Morgan fingerprint density at radius 3 is 2.20 bits per heavy atom. The van der Waals surface area contributed by atoms with Gasteiger partial charge in [0.25, 0.3) is 0 Å². The average Bonchev–Trinajstić information content (AvgIpc) is 3.39. The van der Waals surface area contributed by atoms with Crippen molar-refractivity contribution in [2.45, 2.75) is 39.4 Å². The highest BCUT2D eigenvalue weighted by atomic mass is 79.9. The van der Waals surface area contributed by atoms with Gasteiger partial charge in [-0.3, -0.25) is 19.3 Å². The zero-order valence-corrected chi connectivity index (χ0v) is 29.1. The van der Waals surface area contributed by atoms with Crippen molar-refractivity contribution in [1.29, 1.82) is 0 Å². The number of aromatic nitrogens is 1. The Kier molecular flexibility index (Phi) is 9.16. The molecule has 4 aromatic carbocycles. The molecule has 7 rings (SSSR count). The number of carbonyl (C=O) groups excluding carboxylic acids is 4. The number of rotatable bonds is 9. The summed E-state index contributed by atoms with van der Waals surface area (Å²) in [5.74, 6) is -1.39. The summed E-state index contributed by atoms with van der Waals surface area (Å²) in [6, 6.07) is 28.9. The van der Waals surface area contributed by atoms with Crippen molar-refractivity contribution in [3.63, 3.8) is 0 Å². The Bertz CT molecular complexity index is 2140. The molecule has 2 amide bonds. The number of benzene rings is 4. The Morgan fingerprint density at radius 2 is 1.54 bits per heavy atom. The normalized spacial score (nSPS) is 17.5. The van der Waals surface area contributed by atoms with Crippen LogP contribution in [0.25, 0.3) is 22.2 Å². The van der Waals surface area contributed by atoms with Crippen LogP contribution in [0.15, 0.2) is 114 Å². The zero-order valence-electron chi connectivity index (χ0n) is 27.5. The minimum absolute atomic E-state index is 0.178. The van der Waals surface area contributed by atoms with Gasteiger partial charge in [0.05, 0.1) is 34.3 Å². The molecule has 8 nitrogen and oxygen atoms in total. The molecule has 9 heteroatoms. The smallest absolute Gasteiger partial charge is 0.339 e. The molecule has 5 aromatic rings. The van der Waals surface area contributed by atoms with E-state index in [1.54, 1.807) is 67.6 Å². The molecule has 2 aliphatic rings. The van der Waals surface area contributed by atoms with Crippen LogP contribution in [0.1, 0.15) is 51.6 Å². The van der Waals surface area contributed by atoms with Gasteiger partial charge in [0, 0.05) is 21.0 Å². The Labute approximate surface area is 297 Å². The summed E-state index contributed by atoms with van der Waals surface area (Å²) in [6.07, 6.45) is 4.00. The number of allylic oxidation sites excluding steroid dienone is 2. The third-order valence-corrected chi connectivity index (χ3v) is 9.72. The lowest BCUT2D eigenvalue weighted by atomic mass is 9.85. The summed E-state index contributed by atoms with van der Waals surface area (Å²) < 4.78 is 12.4. The molecule has 0 N–H and O–H groups in total. The first kappa shape index (κ1) is 33.1. The molecule has 0 radical (unpaired) electrons. The highest BCUT2D eigenvalue weighted by Gasteiger charge is 2.47. The molecule has 1 fully saturated rings. The van der Waals surface area contributed by atoms with Gasteiger partial charge in [0.1, 0.15) is 12.4 Å². The maximum atomic E-state index is 13.8. The lowest BCUT2D eigenvalue weighted by Crippen LogP contribution is -2.30. The first-order valence-electron chi connectivity index (χ1n) is 16.4. The fourth-order valence-corrected chi connectivity index (χ4v) is 7.15. The van der Waals surface area contributed by atoms with Crippen molar-refractivity contribution < 1.29 is 28.7 Å². The van der Waals surface area contributed by atoms with Crippen LogP contribution in [0.5, 0.6) is 5.75 Å². The molecule has 0 bridgehead atoms. The monoisotopic (exact) mass is 728 g/mol. The number of Topliss-reactive ketones (excluding diaryl/α,β-unsaturated/α-hetero) is 1. The van der Waals surface area contributed by atoms with E-state index in [0.29, 0.717) is 58.6 Å². The number of aryl methyl sites for hydroxylation is 1. The van der Waals surface area contributed by atoms with Crippen molar-refractivity contribution >= 4 is 56.1 Å². The number of hydrogen-bond acceptors (Lipinski definition) is 7. The third-order valence-electron chi connectivity index (χ3n) is 9.26. The molecule has 3 atom stereocenters. The standard InChI is InChI=1S/C41H33BrN2O6/c1-24-20-29(42)21-34-35(41(48)50-25(2)38(45)28-14-18-31(19-15-28)49-23-26-8-4-3-5-9-26)22-36(43-37(24)34)27-12-16-30(17-13-27)44-39(46)32-10-6-7-11-33(32)40(44)47/h3-9,12-22,25,32-33H,10-11,23H2,1-2H3. The minimum Gasteiger partial charge on any atom is -0.489 e. The lowest BCUT2D eigenvalue weighted by molar-refractivity contribution is -0.122. The summed E-state index contributed by atoms with van der Waals surface area (Å²) in [6.45, 7) is 3.86. The van der Waals surface area contributed by atoms with E-state index < -0.39 is 12.1 Å². The molecular weight excluding hydrogens is 696 g/mol. The van der Waals surface area contributed by atoms with E-state index in [-0.39, 0.29) is 35.0 Å². The molecule has 1 aliphatic carbocycles. The predicted molar refractivity (Wildman–Crippen MR) is 194 cm³/mol. The van der Waals surface area contributed by atoms with E-state index in [1.165, 1.54) is 4.90 Å². The topological polar surface area (TPSA) is 103 Å². The van der Waals surface area contributed by atoms with Crippen LogP contribution in [-0.2, 0) is 20.9 Å². The zero-order chi connectivity index (χ0) is 34.9. The molecular formula is C41H33BrN2O6. The number of hydrogen-bond donors (Lipinski definition) is 0. The number of ether oxygens (including phenoxy) is 2. The third kappa shape index (κ3) is 6.48. The van der Waals surface area contributed by atoms with Crippen molar-refractivity contribution in [2.24, 2.45) is 11.8 Å². The number of imide groups is 1. The second-order valence-corrected chi connectivity index (χ2v) is 13.5. The van der Waals surface area contributed by atoms with E-state index in [9.17, 15) is 19.2 Å². The number of esters is 1. The SMILES string of the molecule is Cc1cc(Br)cc2c(C(=O)OC(C)C(=O)c3ccc(OCc4ccccc4)cc3)cc(-c3ccc(N4C(=O)C5CC=CCC5C4=O)cc3)nc12. The van der Waals surface area contributed by atoms with E-state index >= 15 is 0 Å². The van der Waals surface area contributed by atoms with Crippen molar-refractivity contribution in [1.82, 2.24) is 4.98 Å². The van der Waals surface area contributed by atoms with Crippen LogP contribution in [0.2, 0.25) is 0 Å². The molecule has 0 saturated carbocycles. The number of ketones is 1. The maximum Gasteiger partial charge on any atom is 0.339 e. The van der Waals surface area contributed by atoms with Crippen molar-refractivity contribution in [2.75, 3.05) is 4.90 Å². The summed E-state index contributed by atoms with van der Waals surface area (Å²) >= 11 is 3.53. The van der Waals surface area contributed by atoms with Gasteiger partial charge >= 0.3 is 5.97 Å². The van der Waals surface area contributed by atoms with Gasteiger partial charge in [0.2, 0.25) is 17.6 Å². The maximum absolute atomic E-state index is 13.8. The Morgan fingerprint density at radius 1 is 0.880 bits per heavy atom. The van der Waals surface area contributed by atoms with E-state index in [1.807, 2.05) is 55.5 Å². The van der Waals surface area contributed by atoms with E-state index in [4.69, 9.17) is 14.5 Å². The first-order chi connectivity index (χ1) is 24.2. The Hall–Kier alpha value is -5.41. The number of amides is 2. The summed E-state index contributed by atoms with van der Waals surface area (Å²) in [4.78, 5) is 59.6. The first-order valence-corrected chi connectivity index (χ1v) is 17.2. The van der Waals surface area contributed by atoms with Crippen molar-refractivity contribution in [3.05, 3.63) is 136 Å². The van der Waals surface area contributed by atoms with Crippen LogP contribution in [0, 0.1) is 18.8 Å². The highest BCUT2D eigenvalue weighted by Crippen LogP contribution is 2.38. The lowest BCUT2D eigenvalue weighted by Gasteiger charge is -2.17. The van der Waals surface area contributed by atoms with Gasteiger partial charge in [-0.05, 0) is 92.4 Å². The molecule has 0 spiro atoms. The molecule has 1 saturated heterocycles. The fourth-order valence-electron chi connectivity index (χ4n) is 6.58. The second kappa shape index (κ2) is 13.8. The average molecular weight is 730 g/mol. The molecule has 2 heterocycles. The molecule has 1 aliphatic heterocycles. The molecule has 50 heavy (non-hydrogen) atoms. The number of fused-ring (bicyclic) bond motifs is 2. The van der Waals surface area contributed by atoms with Gasteiger partial charge in [-0.2, -0.15) is 0 Å². The van der Waals surface area contributed by atoms with Crippen LogP contribution in [0.3, 0.4) is 0 Å². The van der Waals surface area contributed by atoms with E-state index in [2.05, 4.69) is 15.9 Å². The number of carbonyl (C=O) groups is 4.